The van der Waals surface area contributed by atoms with Crippen molar-refractivity contribution >= 4 is 28.9 Å². The van der Waals surface area contributed by atoms with E-state index in [4.69, 9.17) is 0 Å². The highest BCUT2D eigenvalue weighted by Crippen LogP contribution is 2.30. The lowest BCUT2D eigenvalue weighted by Gasteiger charge is -2.08. The molecule has 3 aromatic carbocycles. The molecule has 0 atom stereocenters. The van der Waals surface area contributed by atoms with Crippen molar-refractivity contribution in [3.63, 3.8) is 0 Å². The minimum absolute atomic E-state index is 0.0604. The van der Waals surface area contributed by atoms with Crippen LogP contribution in [0.25, 0.3) is 21.8 Å². The summed E-state index contributed by atoms with van der Waals surface area (Å²) in [6.07, 6.45) is 0. The average molecular weight is 418 g/mol. The SMILES string of the molecule is O=C(O)c1ccccc1C(=O)Nc1ccc(-c2csc(-c3ccccc3F)n2)cc1. The van der Waals surface area contributed by atoms with E-state index in [1.54, 1.807) is 54.6 Å². The second-order valence-corrected chi connectivity index (χ2v) is 7.26. The van der Waals surface area contributed by atoms with Gasteiger partial charge in [0, 0.05) is 22.2 Å². The van der Waals surface area contributed by atoms with Gasteiger partial charge < -0.3 is 10.4 Å². The zero-order chi connectivity index (χ0) is 21.1. The van der Waals surface area contributed by atoms with Crippen molar-refractivity contribution in [2.45, 2.75) is 0 Å². The van der Waals surface area contributed by atoms with Crippen LogP contribution in [-0.4, -0.2) is 22.0 Å². The maximum atomic E-state index is 14.0. The van der Waals surface area contributed by atoms with Crippen LogP contribution >= 0.6 is 11.3 Å². The van der Waals surface area contributed by atoms with Crippen LogP contribution in [0.5, 0.6) is 0 Å². The predicted octanol–water partition coefficient (Wildman–Crippen LogP) is 5.57. The Hall–Kier alpha value is -3.84. The summed E-state index contributed by atoms with van der Waals surface area (Å²) in [4.78, 5) is 28.3. The third-order valence-electron chi connectivity index (χ3n) is 4.45. The van der Waals surface area contributed by atoms with Gasteiger partial charge >= 0.3 is 5.97 Å². The highest BCUT2D eigenvalue weighted by molar-refractivity contribution is 7.13. The Balaban J connectivity index is 1.52. The Labute approximate surface area is 175 Å². The molecule has 7 heteroatoms. The predicted molar refractivity (Wildman–Crippen MR) is 114 cm³/mol. The van der Waals surface area contributed by atoms with Gasteiger partial charge in [-0.05, 0) is 36.4 Å². The normalized spacial score (nSPS) is 10.6. The molecule has 0 unspecified atom stereocenters. The summed E-state index contributed by atoms with van der Waals surface area (Å²) in [5.41, 5.74) is 2.52. The molecule has 4 rings (SSSR count). The summed E-state index contributed by atoms with van der Waals surface area (Å²) in [5, 5.41) is 14.4. The number of hydrogen-bond donors (Lipinski definition) is 2. The average Bonchev–Trinajstić information content (AvgIpc) is 3.24. The summed E-state index contributed by atoms with van der Waals surface area (Å²) in [5.74, 6) is -1.99. The molecule has 0 spiro atoms. The van der Waals surface area contributed by atoms with E-state index in [0.29, 0.717) is 22.0 Å². The lowest BCUT2D eigenvalue weighted by molar-refractivity contribution is 0.0692. The minimum Gasteiger partial charge on any atom is -0.478 e. The fourth-order valence-corrected chi connectivity index (χ4v) is 3.81. The van der Waals surface area contributed by atoms with Crippen molar-refractivity contribution < 1.29 is 19.1 Å². The first kappa shape index (κ1) is 19.5. The van der Waals surface area contributed by atoms with Crippen molar-refractivity contribution in [1.82, 2.24) is 4.98 Å². The van der Waals surface area contributed by atoms with Crippen LogP contribution in [0.3, 0.4) is 0 Å². The molecule has 1 amide bonds. The maximum absolute atomic E-state index is 14.0. The number of halogens is 1. The molecule has 0 bridgehead atoms. The second-order valence-electron chi connectivity index (χ2n) is 6.40. The van der Waals surface area contributed by atoms with Crippen molar-refractivity contribution in [2.75, 3.05) is 5.32 Å². The first-order chi connectivity index (χ1) is 14.5. The molecule has 0 aliphatic heterocycles. The van der Waals surface area contributed by atoms with Gasteiger partial charge in [-0.3, -0.25) is 4.79 Å². The molecular formula is C23H15FN2O3S. The molecule has 0 aliphatic rings. The summed E-state index contributed by atoms with van der Waals surface area (Å²) in [6, 6.07) is 19.5. The molecule has 0 radical (unpaired) electrons. The molecule has 0 aliphatic carbocycles. The standard InChI is InChI=1S/C23H15FN2O3S/c24-19-8-4-3-7-18(19)22-26-20(13-30-22)14-9-11-15(12-10-14)25-21(27)16-5-1-2-6-17(16)23(28)29/h1-13H,(H,25,27)(H,28,29). The van der Waals surface area contributed by atoms with Gasteiger partial charge in [0.05, 0.1) is 16.8 Å². The molecule has 0 saturated heterocycles. The molecule has 4 aromatic rings. The highest BCUT2D eigenvalue weighted by Gasteiger charge is 2.16. The topological polar surface area (TPSA) is 79.3 Å². The van der Waals surface area contributed by atoms with E-state index in [9.17, 15) is 19.1 Å². The zero-order valence-electron chi connectivity index (χ0n) is 15.5. The van der Waals surface area contributed by atoms with Gasteiger partial charge in [-0.2, -0.15) is 0 Å². The summed E-state index contributed by atoms with van der Waals surface area (Å²) in [6.45, 7) is 0. The van der Waals surface area contributed by atoms with Crippen LogP contribution in [0.1, 0.15) is 20.7 Å². The number of hydrogen-bond acceptors (Lipinski definition) is 4. The molecule has 1 aromatic heterocycles. The Morgan fingerprint density at radius 3 is 2.27 bits per heavy atom. The number of amides is 1. The minimum atomic E-state index is -1.16. The number of rotatable bonds is 5. The third kappa shape index (κ3) is 3.97. The van der Waals surface area contributed by atoms with Crippen LogP contribution in [0, 0.1) is 5.82 Å². The lowest BCUT2D eigenvalue weighted by Crippen LogP contribution is -2.16. The van der Waals surface area contributed by atoms with Crippen molar-refractivity contribution in [3.8, 4) is 21.8 Å². The largest absolute Gasteiger partial charge is 0.478 e. The Morgan fingerprint density at radius 2 is 1.57 bits per heavy atom. The van der Waals surface area contributed by atoms with Crippen LogP contribution in [0.4, 0.5) is 10.1 Å². The number of carbonyl (C=O) groups is 2. The fourth-order valence-electron chi connectivity index (χ4n) is 2.96. The third-order valence-corrected chi connectivity index (χ3v) is 5.32. The van der Waals surface area contributed by atoms with Gasteiger partial charge in [0.15, 0.2) is 0 Å². The molecule has 0 saturated carbocycles. The highest BCUT2D eigenvalue weighted by atomic mass is 32.1. The van der Waals surface area contributed by atoms with Crippen molar-refractivity contribution in [3.05, 3.63) is 95.1 Å². The Morgan fingerprint density at radius 1 is 0.900 bits per heavy atom. The molecule has 30 heavy (non-hydrogen) atoms. The number of nitrogens with one attached hydrogen (secondary N) is 1. The van der Waals surface area contributed by atoms with Gasteiger partial charge in [-0.1, -0.05) is 36.4 Å². The van der Waals surface area contributed by atoms with Gasteiger partial charge in [0.2, 0.25) is 0 Å². The van der Waals surface area contributed by atoms with Crippen LogP contribution in [0.2, 0.25) is 0 Å². The van der Waals surface area contributed by atoms with Crippen molar-refractivity contribution in [2.24, 2.45) is 0 Å². The molecule has 5 nitrogen and oxygen atoms in total. The van der Waals surface area contributed by atoms with E-state index in [2.05, 4.69) is 10.3 Å². The summed E-state index contributed by atoms with van der Waals surface area (Å²) >= 11 is 1.35. The van der Waals surface area contributed by atoms with Crippen molar-refractivity contribution in [1.29, 1.82) is 0 Å². The maximum Gasteiger partial charge on any atom is 0.336 e. The number of thiazole rings is 1. The first-order valence-corrected chi connectivity index (χ1v) is 9.85. The lowest BCUT2D eigenvalue weighted by atomic mass is 10.1. The number of nitrogens with zero attached hydrogens (tertiary/aromatic N) is 1. The smallest absolute Gasteiger partial charge is 0.336 e. The van der Waals surface area contributed by atoms with Crippen LogP contribution < -0.4 is 5.32 Å². The zero-order valence-corrected chi connectivity index (χ0v) is 16.3. The number of carboxylic acid groups (broad SMARTS) is 1. The fraction of sp³-hybridized carbons (Fsp3) is 0. The number of carbonyl (C=O) groups excluding carboxylic acids is 1. The summed E-state index contributed by atoms with van der Waals surface area (Å²) in [7, 11) is 0. The Kier molecular flexibility index (Phi) is 5.36. The summed E-state index contributed by atoms with van der Waals surface area (Å²) < 4.78 is 14.0. The van der Waals surface area contributed by atoms with E-state index in [-0.39, 0.29) is 16.9 Å². The second kappa shape index (κ2) is 8.26. The number of benzene rings is 3. The van der Waals surface area contributed by atoms with E-state index >= 15 is 0 Å². The number of aromatic carboxylic acids is 1. The molecule has 2 N–H and O–H groups in total. The molecule has 0 fully saturated rings. The van der Waals surface area contributed by atoms with E-state index in [1.807, 2.05) is 5.38 Å². The van der Waals surface area contributed by atoms with Gasteiger partial charge in [-0.25, -0.2) is 14.2 Å². The van der Waals surface area contributed by atoms with E-state index < -0.39 is 11.9 Å². The first-order valence-electron chi connectivity index (χ1n) is 8.97. The van der Waals surface area contributed by atoms with Gasteiger partial charge in [0.25, 0.3) is 5.91 Å². The van der Waals surface area contributed by atoms with Crippen LogP contribution in [0.15, 0.2) is 78.2 Å². The van der Waals surface area contributed by atoms with Gasteiger partial charge in [0.1, 0.15) is 10.8 Å². The van der Waals surface area contributed by atoms with Gasteiger partial charge in [-0.15, -0.1) is 11.3 Å². The Bertz CT molecular complexity index is 1240. The number of anilines is 1. The number of carboxylic acids is 1. The molecular weight excluding hydrogens is 403 g/mol. The monoisotopic (exact) mass is 418 g/mol. The van der Waals surface area contributed by atoms with Crippen LogP contribution in [-0.2, 0) is 0 Å². The molecule has 148 valence electrons. The quantitative estimate of drug-likeness (QED) is 0.444. The van der Waals surface area contributed by atoms with E-state index in [1.165, 1.54) is 29.5 Å². The molecule has 1 heterocycles. The number of aromatic nitrogens is 1. The van der Waals surface area contributed by atoms with E-state index in [0.717, 1.165) is 5.56 Å².